The van der Waals surface area contributed by atoms with Crippen molar-refractivity contribution in [2.24, 2.45) is 0 Å². The molecule has 3 aromatic rings. The average Bonchev–Trinajstić information content (AvgIpc) is 2.83. The van der Waals surface area contributed by atoms with Gasteiger partial charge in [0.15, 0.2) is 0 Å². The topological polar surface area (TPSA) is 45.0 Å². The zero-order valence-corrected chi connectivity index (χ0v) is 17.8. The van der Waals surface area contributed by atoms with Crippen molar-refractivity contribution >= 4 is 0 Å². The molecule has 3 aromatic carbocycles. The van der Waals surface area contributed by atoms with E-state index in [1.807, 2.05) is 31.2 Å². The van der Waals surface area contributed by atoms with Gasteiger partial charge in [-0.2, -0.15) is 5.26 Å². The molecule has 0 aromatic heterocycles. The van der Waals surface area contributed by atoms with Crippen LogP contribution in [0.5, 0.6) is 0 Å². The smallest absolute Gasteiger partial charge is 0.124 e. The summed E-state index contributed by atoms with van der Waals surface area (Å²) in [6, 6.07) is 24.9. The van der Waals surface area contributed by atoms with Crippen LogP contribution in [0.15, 0.2) is 72.8 Å². The Morgan fingerprint density at radius 3 is 2.39 bits per heavy atom. The van der Waals surface area contributed by atoms with Crippen molar-refractivity contribution in [2.75, 3.05) is 19.7 Å². The van der Waals surface area contributed by atoms with Crippen molar-refractivity contribution in [3.63, 3.8) is 0 Å². The first-order valence-electron chi connectivity index (χ1n) is 10.8. The fourth-order valence-electron chi connectivity index (χ4n) is 4.35. The monoisotopic (exact) mass is 414 g/mol. The molecular weight excluding hydrogens is 387 g/mol. The lowest BCUT2D eigenvalue weighted by Gasteiger charge is -2.38. The third-order valence-corrected chi connectivity index (χ3v) is 6.29. The first-order valence-corrected chi connectivity index (χ1v) is 10.8. The molecule has 0 aliphatic carbocycles. The van der Waals surface area contributed by atoms with Gasteiger partial charge in [-0.05, 0) is 85.4 Å². The van der Waals surface area contributed by atoms with Crippen LogP contribution in [0.3, 0.4) is 0 Å². The van der Waals surface area contributed by atoms with Gasteiger partial charge in [-0.25, -0.2) is 4.39 Å². The maximum Gasteiger partial charge on any atom is 0.124 e. The Balaban J connectivity index is 1.54. The van der Waals surface area contributed by atoms with Gasteiger partial charge in [0.25, 0.3) is 0 Å². The molecular formula is C27H27FN2O. The van der Waals surface area contributed by atoms with E-state index in [1.54, 1.807) is 18.2 Å². The Morgan fingerprint density at radius 1 is 1.00 bits per heavy atom. The molecule has 1 aliphatic rings. The highest BCUT2D eigenvalue weighted by molar-refractivity contribution is 5.65. The number of hydrogen-bond acceptors (Lipinski definition) is 3. The van der Waals surface area contributed by atoms with E-state index in [1.165, 1.54) is 11.6 Å². The van der Waals surface area contributed by atoms with Crippen LogP contribution in [0.2, 0.25) is 0 Å². The highest BCUT2D eigenvalue weighted by Crippen LogP contribution is 2.36. The summed E-state index contributed by atoms with van der Waals surface area (Å²) < 4.78 is 20.8. The van der Waals surface area contributed by atoms with Gasteiger partial charge in [0.05, 0.1) is 24.3 Å². The molecule has 0 spiro atoms. The molecule has 1 aliphatic heterocycles. The normalized spacial score (nSPS) is 16.4. The number of hydrogen-bond donors (Lipinski definition) is 1. The van der Waals surface area contributed by atoms with E-state index < -0.39 is 0 Å². The van der Waals surface area contributed by atoms with Gasteiger partial charge in [-0.15, -0.1) is 0 Å². The lowest BCUT2D eigenvalue weighted by Crippen LogP contribution is -2.43. The van der Waals surface area contributed by atoms with E-state index in [0.29, 0.717) is 12.2 Å². The molecule has 1 unspecified atom stereocenters. The van der Waals surface area contributed by atoms with Crippen LogP contribution in [-0.2, 0) is 10.2 Å². The van der Waals surface area contributed by atoms with Crippen molar-refractivity contribution in [1.82, 2.24) is 5.32 Å². The SMILES string of the molecule is CC(OCC1(c2ccccc2)CCNCC1)c1cc(F)cc(-c2ccc(C#N)cc2)c1. The molecule has 1 N–H and O–H groups in total. The fraction of sp³-hybridized carbons (Fsp3) is 0.296. The second-order valence-electron chi connectivity index (χ2n) is 8.31. The second-order valence-corrected chi connectivity index (χ2v) is 8.31. The maximum atomic E-state index is 14.4. The van der Waals surface area contributed by atoms with E-state index in [0.717, 1.165) is 42.6 Å². The third kappa shape index (κ3) is 4.85. The standard InChI is InChI=1S/C27H27FN2O/c1-20(31-19-27(11-13-30-14-12-27)25-5-3-2-4-6-25)23-15-24(17-26(28)16-23)22-9-7-21(18-29)8-10-22/h2-10,15-17,20,30H,11-14,19H2,1H3. The van der Waals surface area contributed by atoms with Gasteiger partial charge in [0, 0.05) is 5.41 Å². The Morgan fingerprint density at radius 2 is 1.71 bits per heavy atom. The summed E-state index contributed by atoms with van der Waals surface area (Å²) in [6.07, 6.45) is 1.80. The largest absolute Gasteiger partial charge is 0.373 e. The van der Waals surface area contributed by atoms with E-state index in [2.05, 4.69) is 35.7 Å². The molecule has 0 radical (unpaired) electrons. The molecule has 0 saturated carbocycles. The van der Waals surface area contributed by atoms with Crippen LogP contribution in [0.4, 0.5) is 4.39 Å². The van der Waals surface area contributed by atoms with E-state index in [-0.39, 0.29) is 17.3 Å². The van der Waals surface area contributed by atoms with Crippen LogP contribution < -0.4 is 5.32 Å². The van der Waals surface area contributed by atoms with Crippen molar-refractivity contribution in [3.8, 4) is 17.2 Å². The van der Waals surface area contributed by atoms with Gasteiger partial charge < -0.3 is 10.1 Å². The molecule has 31 heavy (non-hydrogen) atoms. The number of nitrogens with zero attached hydrogens (tertiary/aromatic N) is 1. The first-order chi connectivity index (χ1) is 15.1. The summed E-state index contributed by atoms with van der Waals surface area (Å²) in [4.78, 5) is 0. The van der Waals surface area contributed by atoms with Crippen LogP contribution in [0.1, 0.15) is 42.6 Å². The van der Waals surface area contributed by atoms with Crippen LogP contribution in [-0.4, -0.2) is 19.7 Å². The summed E-state index contributed by atoms with van der Waals surface area (Å²) in [5.41, 5.74) is 4.35. The van der Waals surface area contributed by atoms with Crippen molar-refractivity contribution in [3.05, 3.63) is 95.3 Å². The van der Waals surface area contributed by atoms with Crippen molar-refractivity contribution in [2.45, 2.75) is 31.3 Å². The molecule has 0 bridgehead atoms. The Bertz CT molecular complexity index is 1050. The van der Waals surface area contributed by atoms with Crippen molar-refractivity contribution < 1.29 is 9.13 Å². The van der Waals surface area contributed by atoms with Gasteiger partial charge in [-0.3, -0.25) is 0 Å². The number of halogens is 1. The zero-order valence-electron chi connectivity index (χ0n) is 17.8. The lowest BCUT2D eigenvalue weighted by atomic mass is 9.74. The van der Waals surface area contributed by atoms with Crippen LogP contribution in [0.25, 0.3) is 11.1 Å². The number of piperidine rings is 1. The summed E-state index contributed by atoms with van der Waals surface area (Å²) in [5.74, 6) is -0.285. The highest BCUT2D eigenvalue weighted by atomic mass is 19.1. The molecule has 4 rings (SSSR count). The third-order valence-electron chi connectivity index (χ3n) is 6.29. The number of benzene rings is 3. The Kier molecular flexibility index (Phi) is 6.46. The van der Waals surface area contributed by atoms with E-state index in [4.69, 9.17) is 10.00 Å². The number of nitriles is 1. The van der Waals surface area contributed by atoms with Gasteiger partial charge in [-0.1, -0.05) is 42.5 Å². The number of nitrogens with one attached hydrogen (secondary N) is 1. The molecule has 4 heteroatoms. The minimum Gasteiger partial charge on any atom is -0.373 e. The number of rotatable bonds is 6. The summed E-state index contributed by atoms with van der Waals surface area (Å²) in [7, 11) is 0. The average molecular weight is 415 g/mol. The predicted octanol–water partition coefficient (Wildman–Crippen LogP) is 5.76. The molecule has 1 atom stereocenters. The molecule has 1 fully saturated rings. The quantitative estimate of drug-likeness (QED) is 0.557. The van der Waals surface area contributed by atoms with Crippen molar-refractivity contribution in [1.29, 1.82) is 5.26 Å². The fourth-order valence-corrected chi connectivity index (χ4v) is 4.35. The minimum atomic E-state index is -0.285. The van der Waals surface area contributed by atoms with Gasteiger partial charge in [0.2, 0.25) is 0 Å². The second kappa shape index (κ2) is 9.43. The first kappa shape index (κ1) is 21.2. The van der Waals surface area contributed by atoms with Crippen LogP contribution >= 0.6 is 0 Å². The number of ether oxygens (including phenoxy) is 1. The Labute approximate surface area is 183 Å². The van der Waals surface area contributed by atoms with E-state index >= 15 is 0 Å². The van der Waals surface area contributed by atoms with E-state index in [9.17, 15) is 4.39 Å². The molecule has 0 amide bonds. The molecule has 3 nitrogen and oxygen atoms in total. The summed E-state index contributed by atoms with van der Waals surface area (Å²) in [5, 5.41) is 12.4. The minimum absolute atomic E-state index is 0.0238. The van der Waals surface area contributed by atoms with Gasteiger partial charge in [0.1, 0.15) is 5.82 Å². The predicted molar refractivity (Wildman–Crippen MR) is 121 cm³/mol. The molecule has 1 saturated heterocycles. The molecule has 1 heterocycles. The molecule has 158 valence electrons. The maximum absolute atomic E-state index is 14.4. The zero-order chi connectivity index (χ0) is 21.7. The highest BCUT2D eigenvalue weighted by Gasteiger charge is 2.34. The summed E-state index contributed by atoms with van der Waals surface area (Å²) in [6.45, 7) is 4.52. The lowest BCUT2D eigenvalue weighted by molar-refractivity contribution is 0.0165. The van der Waals surface area contributed by atoms with Gasteiger partial charge >= 0.3 is 0 Å². The van der Waals surface area contributed by atoms with Crippen LogP contribution in [0, 0.1) is 17.1 Å². The Hall–Kier alpha value is -3.00. The summed E-state index contributed by atoms with van der Waals surface area (Å²) >= 11 is 0.